The van der Waals surface area contributed by atoms with E-state index in [1.54, 1.807) is 0 Å². The van der Waals surface area contributed by atoms with Crippen LogP contribution in [0.2, 0.25) is 0 Å². The van der Waals surface area contributed by atoms with Crippen molar-refractivity contribution in [2.75, 3.05) is 24.6 Å². The number of nitrogens with zero attached hydrogens (tertiary/aromatic N) is 3. The van der Waals surface area contributed by atoms with Crippen molar-refractivity contribution in [3.05, 3.63) is 95.7 Å². The molecule has 0 spiro atoms. The number of carbonyl (C=O) groups excluding carboxylic acids is 1. The van der Waals surface area contributed by atoms with Crippen LogP contribution in [0, 0.1) is 218 Å². The quantitative estimate of drug-likeness (QED) is 0.0243. The number of esters is 1. The Morgan fingerprint density at radius 1 is 0.628 bits per heavy atom. The second kappa shape index (κ2) is 45.4. The van der Waals surface area contributed by atoms with Crippen LogP contribution in [0.5, 0.6) is 0 Å². The molecule has 0 saturated heterocycles. The predicted molar refractivity (Wildman–Crippen MR) is 353 cm³/mol. The van der Waals surface area contributed by atoms with Gasteiger partial charge in [0, 0.05) is 187 Å². The molecule has 0 unspecified atom stereocenters. The van der Waals surface area contributed by atoms with Crippen LogP contribution in [0.3, 0.4) is 0 Å². The first-order valence-electron chi connectivity index (χ1n) is 24.4. The van der Waals surface area contributed by atoms with Gasteiger partial charge >= 0.3 is 5.97 Å². The molecule has 1 N–H and O–H groups in total. The molecule has 16 nitrogen and oxygen atoms in total. The van der Waals surface area contributed by atoms with Crippen LogP contribution >= 0.6 is 11.9 Å². The maximum Gasteiger partial charge on any atom is 0.305 e. The van der Waals surface area contributed by atoms with Gasteiger partial charge in [0.2, 0.25) is 5.69 Å². The van der Waals surface area contributed by atoms with E-state index >= 15 is 0 Å². The lowest BCUT2D eigenvalue weighted by atomic mass is 9.81. The Morgan fingerprint density at radius 3 is 1.47 bits per heavy atom. The van der Waals surface area contributed by atoms with Crippen molar-refractivity contribution in [2.45, 2.75) is 71.6 Å². The number of hydrogen-bond donors (Lipinski definition) is 1. The van der Waals surface area contributed by atoms with E-state index in [0.717, 1.165) is 25.9 Å². The lowest BCUT2D eigenvalue weighted by molar-refractivity contribution is -2.00. The van der Waals surface area contributed by atoms with Crippen LogP contribution < -0.4 is 23.5 Å². The van der Waals surface area contributed by atoms with Gasteiger partial charge in [0.25, 0.3) is 0 Å². The Morgan fingerprint density at radius 2 is 1.05 bits per heavy atom. The van der Waals surface area contributed by atoms with E-state index in [1.165, 1.54) is 33.9 Å². The monoisotopic (exact) mass is 1220 g/mol. The first-order valence-corrected chi connectivity index (χ1v) is 25.9. The third-order valence-corrected chi connectivity index (χ3v) is 10.0. The van der Waals surface area contributed by atoms with E-state index in [0.29, 0.717) is 13.0 Å². The molecule has 0 fully saturated rings. The van der Waals surface area contributed by atoms with Crippen LogP contribution in [0.1, 0.15) is 100 Å². The highest BCUT2D eigenvalue weighted by atomic mass is 35.7. The number of fused-ring (bicyclic) bond motifs is 2. The molecule has 0 bridgehead atoms. The molecule has 86 heavy (non-hydrogen) atoms. The lowest BCUT2D eigenvalue weighted by Gasteiger charge is -2.27. The van der Waals surface area contributed by atoms with Crippen molar-refractivity contribution in [1.82, 2.24) is 0 Å². The van der Waals surface area contributed by atoms with E-state index in [-0.39, 0.29) is 45.3 Å². The maximum absolute atomic E-state index is 11.9. The molecule has 4 rings (SSSR count). The average molecular weight is 1220 g/mol. The minimum Gasteiger partial charge on any atom is -0.466 e. The first-order chi connectivity index (χ1) is 41.6. The van der Waals surface area contributed by atoms with Gasteiger partial charge in [-0.25, -0.2) is 18.6 Å². The summed E-state index contributed by atoms with van der Waals surface area (Å²) in [4.78, 5) is 17.7. The second-order valence-electron chi connectivity index (χ2n) is 16.1. The molecule has 464 valence electrons. The van der Waals surface area contributed by atoms with E-state index in [4.69, 9.17) is 41.8 Å². The molecule has 0 atom stereocenters. The lowest BCUT2D eigenvalue weighted by Crippen LogP contribution is -2.68. The molecular formula is C68H86Cl2N4O12. The molecule has 2 aromatic rings. The van der Waals surface area contributed by atoms with Crippen LogP contribution in [0.15, 0.2) is 89.9 Å². The number of allylic oxidation sites excluding steroid dienone is 6. The summed E-state index contributed by atoms with van der Waals surface area (Å²) in [6, 6.07) is 17.4. The summed E-state index contributed by atoms with van der Waals surface area (Å²) in [6.07, 6.45) is 23.1. The van der Waals surface area contributed by atoms with Crippen molar-refractivity contribution in [3.63, 3.8) is 0 Å². The van der Waals surface area contributed by atoms with Gasteiger partial charge in [-0.2, -0.15) is 15.1 Å². The normalized spacial score (nSPS) is 11.4. The average Bonchev–Trinajstić information content (AvgIpc) is 1.61. The summed E-state index contributed by atoms with van der Waals surface area (Å²) in [7, 11) is -4.94. The fourth-order valence-corrected chi connectivity index (χ4v) is 6.99. The van der Waals surface area contributed by atoms with E-state index < -0.39 is 10.2 Å². The third-order valence-electron chi connectivity index (χ3n) is 9.98. The summed E-state index contributed by atoms with van der Waals surface area (Å²) in [5.41, 5.74) is 13.6. The van der Waals surface area contributed by atoms with Crippen molar-refractivity contribution in [3.8, 4) is 202 Å². The van der Waals surface area contributed by atoms with Gasteiger partial charge in [0.1, 0.15) is 18.4 Å². The fourth-order valence-electron chi connectivity index (χ4n) is 6.97. The van der Waals surface area contributed by atoms with Crippen molar-refractivity contribution in [1.29, 1.82) is 5.53 Å². The van der Waals surface area contributed by atoms with Gasteiger partial charge in [-0.15, -0.1) is 23.1 Å². The number of carbonyl (C=O) groups is 1. The Hall–Kier alpha value is -11.3. The second-order valence-corrected chi connectivity index (χ2v) is 17.0. The summed E-state index contributed by atoms with van der Waals surface area (Å²) in [5, 5.41) is 16.0. The van der Waals surface area contributed by atoms with E-state index in [9.17, 15) is 4.79 Å². The van der Waals surface area contributed by atoms with Crippen LogP contribution in [-0.4, -0.2) is 36.0 Å². The Kier molecular flexibility index (Phi) is 38.4. The Balaban J connectivity index is -0.0000000565. The highest BCUT2D eigenvalue weighted by Gasteiger charge is 2.43. The number of rotatable bonds is 16. The zero-order valence-corrected chi connectivity index (χ0v) is 48.4. The summed E-state index contributed by atoms with van der Waals surface area (Å²) >= 11 is 4.43. The Bertz CT molecular complexity index is 3920. The Labute approximate surface area is 539 Å². The molecule has 0 radical (unpaired) electrons. The molecule has 2 aromatic carbocycles. The number of ether oxygens (including phenoxy) is 1. The molecule has 0 saturated carbocycles. The summed E-state index contributed by atoms with van der Waals surface area (Å²) in [5.74, 6) is 78.0. The number of halogens is 2. The summed E-state index contributed by atoms with van der Waals surface area (Å²) in [6.45, 7) is 15.5. The number of para-hydroxylation sites is 2. The van der Waals surface area contributed by atoms with Crippen molar-refractivity contribution in [2.24, 2.45) is 5.28 Å². The zero-order chi connectivity index (χ0) is 63.4. The topological polar surface area (TPSA) is 216 Å². The molecule has 2 heterocycles. The van der Waals surface area contributed by atoms with Gasteiger partial charge in [0.05, 0.1) is 17.3 Å². The molecule has 2 aliphatic heterocycles. The SMILES string of the molecule is C#CC#CC#CC#CC#CC#CC#CC#CC#CC#CC#CC#CC#CC#CC#CC#CC#C.CCC[N+]1=C(/C=C/C=C/C=C2/N(CCCC(=O)OCC)c3ccccc3C2(C)C)C(C)(C)c2ccccc21.N=NOOOOOOCl.[HH].[HH].[HH].[HH].[HH].[HH].[HH].[HH].[HH].[HH].[HH].[HH].[HH].[HH].[HH].[HH].[HH].[HH].[HH].[HH].[O-][Cl+3]([O-])([O-])[O-]. The van der Waals surface area contributed by atoms with Crippen LogP contribution in [-0.2, 0) is 49.9 Å². The number of terminal acetylenes is 2. The molecule has 0 amide bonds. The zero-order valence-electron chi connectivity index (χ0n) is 46.9. The molecule has 0 aliphatic carbocycles. The van der Waals surface area contributed by atoms with Crippen LogP contribution in [0.25, 0.3) is 0 Å². The van der Waals surface area contributed by atoms with Crippen molar-refractivity contribution < 1.29 is 101 Å². The van der Waals surface area contributed by atoms with Crippen molar-refractivity contribution >= 4 is 34.9 Å². The van der Waals surface area contributed by atoms with Crippen LogP contribution in [0.4, 0.5) is 11.4 Å². The first kappa shape index (κ1) is 72.8. The van der Waals surface area contributed by atoms with E-state index in [1.807, 2.05) is 6.92 Å². The molecule has 0 aromatic heterocycles. The van der Waals surface area contributed by atoms with Gasteiger partial charge < -0.3 is 9.64 Å². The number of benzene rings is 2. The largest absolute Gasteiger partial charge is 0.466 e. The van der Waals surface area contributed by atoms with Gasteiger partial charge in [-0.1, -0.05) is 79.8 Å². The van der Waals surface area contributed by atoms with Gasteiger partial charge in [-0.3, -0.25) is 4.79 Å². The van der Waals surface area contributed by atoms with Gasteiger partial charge in [-0.05, 0) is 150 Å². The number of nitrogens with one attached hydrogen (secondary N) is 1. The third kappa shape index (κ3) is 32.3. The van der Waals surface area contributed by atoms with Gasteiger partial charge in [0.15, 0.2) is 5.71 Å². The minimum atomic E-state index is -4.94. The number of hydrogen-bond acceptors (Lipinski definition) is 15. The highest BCUT2D eigenvalue weighted by molar-refractivity contribution is 6.06. The molecular weight excluding hydrogens is 1140 g/mol. The minimum absolute atomic E-state index is 0. The molecule has 18 heteroatoms. The summed E-state index contributed by atoms with van der Waals surface area (Å²) < 4.78 is 44.9. The standard InChI is InChI=1S/C34H43N2O2.C34H2.ClHN2O6.ClHO4.20H2/c1-7-24-35-28-19-14-12-17-26(28)33(3,4)30(35)21-10-9-11-22-31-34(5,6)27-18-13-15-20-29(27)36(31)25-16-23-32(37)38-8-2;1-3-5-7-9-11-13-15-17-19-21-23-25-27-29-31-33-34-32-30-28-26-24-22-20-18-16-14-12-10-8-6-4-2;1-4-6-8-9-7-5-3-2;2-1(3,4)5;;;;;;;;;;;;;;;;;;;;/h9-15,17-22H,7-8,16,23-25H2,1-6H3;1-2H;2H;(H,2,3,4,5);20*1H/q+1;;;;;;;;;;;;;;;;;;;;;;;/p-1. The highest BCUT2D eigenvalue weighted by Crippen LogP contribution is 2.47. The number of anilines is 1. The molecule has 2 aliphatic rings. The predicted octanol–water partition coefficient (Wildman–Crippen LogP) is 8.84. The fraction of sp³-hybridized carbons (Fsp3) is 0.206. The maximum atomic E-state index is 11.9. The smallest absolute Gasteiger partial charge is 0.305 e. The van der Waals surface area contributed by atoms with E-state index in [2.05, 4.69) is 359 Å².